The summed E-state index contributed by atoms with van der Waals surface area (Å²) in [4.78, 5) is 0. The van der Waals surface area contributed by atoms with Gasteiger partial charge in [0.05, 0.1) is 29.5 Å². The monoisotopic (exact) mass is 351 g/mol. The van der Waals surface area contributed by atoms with E-state index in [1.807, 2.05) is 25.4 Å². The predicted octanol–water partition coefficient (Wildman–Crippen LogP) is 3.74. The Kier molecular flexibility index (Phi) is 5.42. The molecule has 0 fully saturated rings. The summed E-state index contributed by atoms with van der Waals surface area (Å²) in [6, 6.07) is 8.70. The largest absolute Gasteiger partial charge is 0.497 e. The SMILES string of the molecule is CNC(Cc1cccc(OC)c1)c1c(Br)cnn1C(C)C. The van der Waals surface area contributed by atoms with Gasteiger partial charge in [0.2, 0.25) is 0 Å². The number of halogens is 1. The van der Waals surface area contributed by atoms with Crippen LogP contribution in [0, 0.1) is 0 Å². The molecule has 1 N–H and O–H groups in total. The molecule has 0 saturated carbocycles. The fraction of sp³-hybridized carbons (Fsp3) is 0.438. The number of ether oxygens (including phenoxy) is 1. The molecular formula is C16H22BrN3O. The molecule has 0 amide bonds. The Morgan fingerprint density at radius 2 is 2.14 bits per heavy atom. The van der Waals surface area contributed by atoms with Gasteiger partial charge in [0, 0.05) is 6.04 Å². The minimum Gasteiger partial charge on any atom is -0.497 e. The number of aromatic nitrogens is 2. The lowest BCUT2D eigenvalue weighted by molar-refractivity contribution is 0.413. The first-order valence-electron chi connectivity index (χ1n) is 7.10. The lowest BCUT2D eigenvalue weighted by atomic mass is 10.0. The van der Waals surface area contributed by atoms with Crippen molar-refractivity contribution in [1.82, 2.24) is 15.1 Å². The number of methoxy groups -OCH3 is 1. The van der Waals surface area contributed by atoms with Crippen molar-refractivity contribution in [2.75, 3.05) is 14.2 Å². The summed E-state index contributed by atoms with van der Waals surface area (Å²) in [6.45, 7) is 4.28. The molecule has 114 valence electrons. The molecule has 0 aliphatic carbocycles. The third-order valence-corrected chi connectivity index (χ3v) is 4.14. The Bertz CT molecular complexity index is 595. The predicted molar refractivity (Wildman–Crippen MR) is 88.8 cm³/mol. The van der Waals surface area contributed by atoms with Crippen molar-refractivity contribution < 1.29 is 4.74 Å². The van der Waals surface area contributed by atoms with Crippen molar-refractivity contribution >= 4 is 15.9 Å². The second-order valence-electron chi connectivity index (χ2n) is 5.31. The van der Waals surface area contributed by atoms with Gasteiger partial charge in [-0.25, -0.2) is 0 Å². The molecule has 2 rings (SSSR count). The van der Waals surface area contributed by atoms with Crippen LogP contribution in [0.3, 0.4) is 0 Å². The maximum Gasteiger partial charge on any atom is 0.119 e. The van der Waals surface area contributed by atoms with E-state index in [4.69, 9.17) is 4.74 Å². The number of likely N-dealkylation sites (N-methyl/N-ethyl adjacent to an activating group) is 1. The first-order valence-corrected chi connectivity index (χ1v) is 7.89. The Morgan fingerprint density at radius 3 is 2.76 bits per heavy atom. The third-order valence-electron chi connectivity index (χ3n) is 3.53. The van der Waals surface area contributed by atoms with Crippen LogP contribution in [-0.2, 0) is 6.42 Å². The van der Waals surface area contributed by atoms with Crippen LogP contribution < -0.4 is 10.1 Å². The summed E-state index contributed by atoms with van der Waals surface area (Å²) in [7, 11) is 3.67. The highest BCUT2D eigenvalue weighted by molar-refractivity contribution is 9.10. The van der Waals surface area contributed by atoms with Crippen LogP contribution in [0.25, 0.3) is 0 Å². The van der Waals surface area contributed by atoms with E-state index in [2.05, 4.69) is 57.0 Å². The molecule has 4 nitrogen and oxygen atoms in total. The normalized spacial score (nSPS) is 12.7. The highest BCUT2D eigenvalue weighted by atomic mass is 79.9. The van der Waals surface area contributed by atoms with Crippen LogP contribution in [0.5, 0.6) is 5.75 Å². The van der Waals surface area contributed by atoms with E-state index in [9.17, 15) is 0 Å². The molecule has 1 heterocycles. The summed E-state index contributed by atoms with van der Waals surface area (Å²) < 4.78 is 8.40. The first kappa shape index (κ1) is 16.0. The van der Waals surface area contributed by atoms with E-state index < -0.39 is 0 Å². The average molecular weight is 352 g/mol. The van der Waals surface area contributed by atoms with Crippen LogP contribution in [-0.4, -0.2) is 23.9 Å². The maximum atomic E-state index is 5.30. The van der Waals surface area contributed by atoms with Crippen LogP contribution in [0.4, 0.5) is 0 Å². The summed E-state index contributed by atoms with van der Waals surface area (Å²) >= 11 is 3.62. The van der Waals surface area contributed by atoms with E-state index in [1.54, 1.807) is 7.11 Å². The second kappa shape index (κ2) is 7.09. The van der Waals surface area contributed by atoms with Gasteiger partial charge < -0.3 is 10.1 Å². The lowest BCUT2D eigenvalue weighted by Crippen LogP contribution is -2.23. The van der Waals surface area contributed by atoms with Crippen LogP contribution in [0.15, 0.2) is 34.9 Å². The van der Waals surface area contributed by atoms with Crippen LogP contribution in [0.2, 0.25) is 0 Å². The number of nitrogens with one attached hydrogen (secondary N) is 1. The number of benzene rings is 1. The molecule has 1 aromatic heterocycles. The van der Waals surface area contributed by atoms with Crippen LogP contribution >= 0.6 is 15.9 Å². The van der Waals surface area contributed by atoms with Crippen molar-refractivity contribution in [3.05, 3.63) is 46.2 Å². The van der Waals surface area contributed by atoms with E-state index in [0.29, 0.717) is 6.04 Å². The number of hydrogen-bond donors (Lipinski definition) is 1. The Labute approximate surface area is 134 Å². The number of hydrogen-bond acceptors (Lipinski definition) is 3. The molecule has 1 atom stereocenters. The van der Waals surface area contributed by atoms with Gasteiger partial charge >= 0.3 is 0 Å². The van der Waals surface area contributed by atoms with Crippen molar-refractivity contribution in [2.24, 2.45) is 0 Å². The smallest absolute Gasteiger partial charge is 0.119 e. The lowest BCUT2D eigenvalue weighted by Gasteiger charge is -2.21. The van der Waals surface area contributed by atoms with E-state index >= 15 is 0 Å². The van der Waals surface area contributed by atoms with E-state index in [1.165, 1.54) is 11.3 Å². The van der Waals surface area contributed by atoms with Gasteiger partial charge in [-0.3, -0.25) is 4.68 Å². The standard InChI is InChI=1S/C16H22BrN3O/c1-11(2)20-16(14(17)10-19-20)15(18-3)9-12-6-5-7-13(8-12)21-4/h5-8,10-11,15,18H,9H2,1-4H3. The van der Waals surface area contributed by atoms with Crippen molar-refractivity contribution in [1.29, 1.82) is 0 Å². The zero-order chi connectivity index (χ0) is 15.4. The van der Waals surface area contributed by atoms with Crippen molar-refractivity contribution in [3.63, 3.8) is 0 Å². The fourth-order valence-corrected chi connectivity index (χ4v) is 3.01. The molecule has 0 radical (unpaired) electrons. The van der Waals surface area contributed by atoms with Crippen molar-refractivity contribution in [3.8, 4) is 5.75 Å². The number of rotatable bonds is 6. The van der Waals surface area contributed by atoms with Gasteiger partial charge in [-0.05, 0) is 60.9 Å². The summed E-state index contributed by atoms with van der Waals surface area (Å²) in [5.41, 5.74) is 2.41. The highest BCUT2D eigenvalue weighted by Gasteiger charge is 2.20. The molecule has 1 unspecified atom stereocenters. The molecule has 5 heteroatoms. The molecule has 0 aliphatic heterocycles. The van der Waals surface area contributed by atoms with E-state index in [-0.39, 0.29) is 6.04 Å². The average Bonchev–Trinajstić information content (AvgIpc) is 2.87. The zero-order valence-corrected chi connectivity index (χ0v) is 14.5. The van der Waals surface area contributed by atoms with Crippen molar-refractivity contribution in [2.45, 2.75) is 32.4 Å². The minimum atomic E-state index is 0.191. The Balaban J connectivity index is 2.29. The molecular weight excluding hydrogens is 330 g/mol. The summed E-state index contributed by atoms with van der Waals surface area (Å²) in [5.74, 6) is 0.888. The molecule has 0 bridgehead atoms. The van der Waals surface area contributed by atoms with Gasteiger partial charge in [-0.15, -0.1) is 0 Å². The molecule has 0 saturated heterocycles. The minimum absolute atomic E-state index is 0.191. The maximum absolute atomic E-state index is 5.30. The molecule has 2 aromatic rings. The molecule has 0 aliphatic rings. The quantitative estimate of drug-likeness (QED) is 0.861. The topological polar surface area (TPSA) is 39.1 Å². The molecule has 21 heavy (non-hydrogen) atoms. The van der Waals surface area contributed by atoms with Gasteiger partial charge in [-0.2, -0.15) is 5.10 Å². The highest BCUT2D eigenvalue weighted by Crippen LogP contribution is 2.28. The Morgan fingerprint density at radius 1 is 1.38 bits per heavy atom. The number of nitrogens with zero attached hydrogens (tertiary/aromatic N) is 2. The molecule has 0 spiro atoms. The second-order valence-corrected chi connectivity index (χ2v) is 6.17. The summed E-state index contributed by atoms with van der Waals surface area (Å²) in [5, 5.41) is 7.86. The van der Waals surface area contributed by atoms with Gasteiger partial charge in [0.25, 0.3) is 0 Å². The fourth-order valence-electron chi connectivity index (χ4n) is 2.46. The van der Waals surface area contributed by atoms with Gasteiger partial charge in [0.15, 0.2) is 0 Å². The molecule has 1 aromatic carbocycles. The van der Waals surface area contributed by atoms with Gasteiger partial charge in [-0.1, -0.05) is 12.1 Å². The van der Waals surface area contributed by atoms with Crippen LogP contribution in [0.1, 0.15) is 37.2 Å². The van der Waals surface area contributed by atoms with E-state index in [0.717, 1.165) is 16.6 Å². The Hall–Kier alpha value is -1.33. The zero-order valence-electron chi connectivity index (χ0n) is 12.9. The first-order chi connectivity index (χ1) is 10.1. The van der Waals surface area contributed by atoms with Gasteiger partial charge in [0.1, 0.15) is 5.75 Å². The summed E-state index contributed by atoms with van der Waals surface area (Å²) in [6.07, 6.45) is 2.75. The third kappa shape index (κ3) is 3.66.